The third-order valence-electron chi connectivity index (χ3n) is 2.21. The summed E-state index contributed by atoms with van der Waals surface area (Å²) in [6.45, 7) is 5.83. The molecule has 0 unspecified atom stereocenters. The van der Waals surface area contributed by atoms with Crippen LogP contribution in [0.1, 0.15) is 13.8 Å². The second-order valence-corrected chi connectivity index (χ2v) is 4.34. The molecule has 2 fully saturated rings. The summed E-state index contributed by atoms with van der Waals surface area (Å²) < 4.78 is 11.2. The fraction of sp³-hybridized carbons (Fsp3) is 0.545. The van der Waals surface area contributed by atoms with Gasteiger partial charge in [-0.25, -0.2) is 0 Å². The van der Waals surface area contributed by atoms with Crippen LogP contribution in [-0.2, 0) is 9.47 Å². The largest absolute Gasteiger partial charge is 0.351 e. The molecule has 0 atom stereocenters. The number of rotatable bonds is 1. The standard InChI is InChI=1S/C11H15O2/c1-11(2)7-12-10(13-8-11)9-5-3-4-6-9/h3-6,10H,7-8H2,1-2H3. The molecule has 0 aromatic carbocycles. The molecule has 0 aromatic rings. The topological polar surface area (TPSA) is 18.5 Å². The molecule has 0 N–H and O–H groups in total. The summed E-state index contributed by atoms with van der Waals surface area (Å²) in [5.74, 6) is 1.12. The van der Waals surface area contributed by atoms with Crippen LogP contribution in [0.25, 0.3) is 0 Å². The lowest BCUT2D eigenvalue weighted by Crippen LogP contribution is -2.40. The SMILES string of the molecule is CC1(C)COC([C]2[CH][CH][CH][CH]2)OC1. The van der Waals surface area contributed by atoms with Crippen LogP contribution in [0.4, 0.5) is 0 Å². The second kappa shape index (κ2) is 3.58. The van der Waals surface area contributed by atoms with Gasteiger partial charge >= 0.3 is 0 Å². The Bertz CT molecular complexity index is 161. The summed E-state index contributed by atoms with van der Waals surface area (Å²) in [4.78, 5) is 0. The fourth-order valence-corrected chi connectivity index (χ4v) is 1.43. The summed E-state index contributed by atoms with van der Waals surface area (Å²) in [6.07, 6.45) is 7.92. The van der Waals surface area contributed by atoms with Crippen LogP contribution in [0.3, 0.4) is 0 Å². The van der Waals surface area contributed by atoms with E-state index in [1.54, 1.807) is 0 Å². The monoisotopic (exact) mass is 179 g/mol. The van der Waals surface area contributed by atoms with Crippen molar-refractivity contribution in [3.8, 4) is 0 Å². The van der Waals surface area contributed by atoms with E-state index in [0.29, 0.717) is 0 Å². The Kier molecular flexibility index (Phi) is 2.61. The zero-order chi connectivity index (χ0) is 9.31. The van der Waals surface area contributed by atoms with Crippen molar-refractivity contribution >= 4 is 0 Å². The van der Waals surface area contributed by atoms with Crippen LogP contribution >= 0.6 is 0 Å². The van der Waals surface area contributed by atoms with Crippen molar-refractivity contribution in [3.63, 3.8) is 0 Å². The highest BCUT2D eigenvalue weighted by Gasteiger charge is 2.34. The lowest BCUT2D eigenvalue weighted by Gasteiger charge is -2.36. The molecule has 1 aliphatic carbocycles. The Balaban J connectivity index is 1.83. The summed E-state index contributed by atoms with van der Waals surface area (Å²) >= 11 is 0. The molecule has 2 nitrogen and oxygen atoms in total. The molecule has 1 heterocycles. The molecule has 71 valence electrons. The van der Waals surface area contributed by atoms with Gasteiger partial charge in [0.1, 0.15) is 0 Å². The minimum atomic E-state index is -0.150. The Hall–Kier alpha value is -0.0800. The fourth-order valence-electron chi connectivity index (χ4n) is 1.43. The van der Waals surface area contributed by atoms with Gasteiger partial charge in [0.2, 0.25) is 0 Å². The molecule has 0 amide bonds. The zero-order valence-electron chi connectivity index (χ0n) is 8.12. The van der Waals surface area contributed by atoms with Gasteiger partial charge in [-0.05, 0) is 25.7 Å². The molecule has 5 radical (unpaired) electrons. The van der Waals surface area contributed by atoms with E-state index in [9.17, 15) is 0 Å². The van der Waals surface area contributed by atoms with Gasteiger partial charge in [-0.2, -0.15) is 0 Å². The summed E-state index contributed by atoms with van der Waals surface area (Å²) in [7, 11) is 0. The van der Waals surface area contributed by atoms with Gasteiger partial charge in [-0.1, -0.05) is 13.8 Å². The van der Waals surface area contributed by atoms with Gasteiger partial charge in [-0.3, -0.25) is 0 Å². The third-order valence-corrected chi connectivity index (χ3v) is 2.21. The molecule has 0 spiro atoms. The van der Waals surface area contributed by atoms with E-state index in [4.69, 9.17) is 9.47 Å². The van der Waals surface area contributed by atoms with Crippen LogP contribution in [0.2, 0.25) is 0 Å². The first-order chi connectivity index (χ1) is 6.17. The molecule has 2 rings (SSSR count). The smallest absolute Gasteiger partial charge is 0.164 e. The minimum Gasteiger partial charge on any atom is -0.351 e. The van der Waals surface area contributed by atoms with E-state index < -0.39 is 0 Å². The molecule has 1 aliphatic heterocycles. The Morgan fingerprint density at radius 2 is 1.69 bits per heavy atom. The first-order valence-corrected chi connectivity index (χ1v) is 4.62. The van der Waals surface area contributed by atoms with Crippen molar-refractivity contribution in [2.75, 3.05) is 13.2 Å². The maximum atomic E-state index is 5.62. The lowest BCUT2D eigenvalue weighted by molar-refractivity contribution is -0.209. The Morgan fingerprint density at radius 3 is 2.23 bits per heavy atom. The van der Waals surface area contributed by atoms with Gasteiger partial charge < -0.3 is 9.47 Å². The van der Waals surface area contributed by atoms with Crippen molar-refractivity contribution in [1.29, 1.82) is 0 Å². The lowest BCUT2D eigenvalue weighted by atomic mass is 9.95. The molecular weight excluding hydrogens is 164 g/mol. The highest BCUT2D eigenvalue weighted by Crippen LogP contribution is 2.33. The molecule has 1 saturated carbocycles. The van der Waals surface area contributed by atoms with Gasteiger partial charge in [-0.15, -0.1) is 0 Å². The van der Waals surface area contributed by atoms with E-state index >= 15 is 0 Å². The molecule has 2 heteroatoms. The van der Waals surface area contributed by atoms with Gasteiger partial charge in [0.15, 0.2) is 6.29 Å². The normalized spacial score (nSPS) is 30.9. The summed E-state index contributed by atoms with van der Waals surface area (Å²) in [5.41, 5.74) is 0.156. The van der Waals surface area contributed by atoms with E-state index in [0.717, 1.165) is 19.1 Å². The molecule has 1 saturated heterocycles. The zero-order valence-corrected chi connectivity index (χ0v) is 8.12. The quantitative estimate of drug-likeness (QED) is 0.611. The summed E-state index contributed by atoms with van der Waals surface area (Å²) in [6, 6.07) is 0. The molecule has 0 bridgehead atoms. The van der Waals surface area contributed by atoms with Crippen molar-refractivity contribution in [3.05, 3.63) is 31.6 Å². The van der Waals surface area contributed by atoms with Gasteiger partial charge in [0.25, 0.3) is 0 Å². The summed E-state index contributed by atoms with van der Waals surface area (Å²) in [5, 5.41) is 0. The molecule has 2 aliphatic rings. The number of hydrogen-bond donors (Lipinski definition) is 0. The van der Waals surface area contributed by atoms with E-state index in [2.05, 4.69) is 13.8 Å². The van der Waals surface area contributed by atoms with Crippen LogP contribution in [0.15, 0.2) is 0 Å². The average Bonchev–Trinajstić information content (AvgIpc) is 2.56. The van der Waals surface area contributed by atoms with Crippen LogP contribution in [-0.4, -0.2) is 19.5 Å². The van der Waals surface area contributed by atoms with Crippen molar-refractivity contribution in [2.45, 2.75) is 20.1 Å². The third kappa shape index (κ3) is 2.23. The van der Waals surface area contributed by atoms with Gasteiger partial charge in [0, 0.05) is 11.3 Å². The van der Waals surface area contributed by atoms with Gasteiger partial charge in [0.05, 0.1) is 13.2 Å². The molecule has 0 aromatic heterocycles. The number of ether oxygens (including phenoxy) is 2. The highest BCUT2D eigenvalue weighted by molar-refractivity contribution is 5.36. The van der Waals surface area contributed by atoms with E-state index in [-0.39, 0.29) is 11.7 Å². The Labute approximate surface area is 80.6 Å². The molecule has 13 heavy (non-hydrogen) atoms. The van der Waals surface area contributed by atoms with Crippen molar-refractivity contribution < 1.29 is 9.47 Å². The second-order valence-electron chi connectivity index (χ2n) is 4.34. The predicted molar refractivity (Wildman–Crippen MR) is 49.9 cm³/mol. The first kappa shape index (κ1) is 9.47. The predicted octanol–water partition coefficient (Wildman–Crippen LogP) is 1.79. The average molecular weight is 179 g/mol. The maximum absolute atomic E-state index is 5.62. The minimum absolute atomic E-state index is 0.150. The van der Waals surface area contributed by atoms with Crippen molar-refractivity contribution in [1.82, 2.24) is 0 Å². The van der Waals surface area contributed by atoms with E-state index in [1.165, 1.54) is 0 Å². The first-order valence-electron chi connectivity index (χ1n) is 4.62. The maximum Gasteiger partial charge on any atom is 0.164 e. The molecular formula is C11H15O2. The number of hydrogen-bond acceptors (Lipinski definition) is 2. The van der Waals surface area contributed by atoms with E-state index in [1.807, 2.05) is 25.7 Å². The van der Waals surface area contributed by atoms with Crippen molar-refractivity contribution in [2.24, 2.45) is 5.41 Å². The van der Waals surface area contributed by atoms with Crippen LogP contribution in [0, 0.1) is 37.0 Å². The van der Waals surface area contributed by atoms with Crippen LogP contribution < -0.4 is 0 Å². The van der Waals surface area contributed by atoms with Crippen LogP contribution in [0.5, 0.6) is 0 Å². The Morgan fingerprint density at radius 1 is 1.15 bits per heavy atom. The highest BCUT2D eigenvalue weighted by atomic mass is 16.7.